The van der Waals surface area contributed by atoms with E-state index in [4.69, 9.17) is 4.98 Å². The van der Waals surface area contributed by atoms with Gasteiger partial charge in [0, 0.05) is 16.8 Å². The normalized spacial score (nSPS) is 11.2. The molecule has 1 amide bonds. The van der Waals surface area contributed by atoms with Crippen molar-refractivity contribution >= 4 is 38.1 Å². The summed E-state index contributed by atoms with van der Waals surface area (Å²) >= 11 is 1.39. The van der Waals surface area contributed by atoms with E-state index >= 15 is 0 Å². The summed E-state index contributed by atoms with van der Waals surface area (Å²) in [6.45, 7) is 1.89. The molecule has 1 aromatic heterocycles. The minimum absolute atomic E-state index is 0.151. The first-order valence-corrected chi connectivity index (χ1v) is 13.8. The van der Waals surface area contributed by atoms with Gasteiger partial charge in [0.1, 0.15) is 0 Å². The van der Waals surface area contributed by atoms with E-state index < -0.39 is 10.0 Å². The van der Waals surface area contributed by atoms with Crippen LogP contribution in [0, 0.1) is 6.92 Å². The number of nitrogens with zero attached hydrogens (tertiary/aromatic N) is 1. The summed E-state index contributed by atoms with van der Waals surface area (Å²) in [6.07, 6.45) is 0. The molecule has 37 heavy (non-hydrogen) atoms. The van der Waals surface area contributed by atoms with Crippen LogP contribution in [0.3, 0.4) is 0 Å². The number of hydrogen-bond acceptors (Lipinski definition) is 5. The molecule has 0 aliphatic carbocycles. The number of aromatic nitrogens is 1. The molecule has 4 aromatic carbocycles. The van der Waals surface area contributed by atoms with E-state index in [2.05, 4.69) is 10.0 Å². The average molecular weight is 526 g/mol. The molecule has 0 atom stereocenters. The second-order valence-electron chi connectivity index (χ2n) is 8.38. The number of rotatable bonds is 7. The van der Waals surface area contributed by atoms with E-state index in [0.29, 0.717) is 16.4 Å². The number of carbonyl (C=O) groups is 1. The Hall–Kier alpha value is -4.27. The zero-order valence-corrected chi connectivity index (χ0v) is 21.5. The van der Waals surface area contributed by atoms with Crippen molar-refractivity contribution in [2.75, 3.05) is 10.0 Å². The van der Waals surface area contributed by atoms with E-state index in [9.17, 15) is 13.2 Å². The highest BCUT2D eigenvalue weighted by atomic mass is 32.2. The summed E-state index contributed by atoms with van der Waals surface area (Å²) in [5.74, 6) is -0.385. The molecule has 0 unspecified atom stereocenters. The van der Waals surface area contributed by atoms with Gasteiger partial charge in [0.2, 0.25) is 0 Å². The smallest absolute Gasteiger partial charge is 0.261 e. The van der Waals surface area contributed by atoms with Gasteiger partial charge in [-0.3, -0.25) is 14.8 Å². The van der Waals surface area contributed by atoms with Crippen molar-refractivity contribution in [3.63, 3.8) is 0 Å². The largest absolute Gasteiger partial charge is 0.298 e. The van der Waals surface area contributed by atoms with Gasteiger partial charge in [-0.05, 0) is 42.8 Å². The highest BCUT2D eigenvalue weighted by molar-refractivity contribution is 7.92. The fraction of sp³-hybridized carbons (Fsp3) is 0.0345. The van der Waals surface area contributed by atoms with Gasteiger partial charge < -0.3 is 0 Å². The van der Waals surface area contributed by atoms with Crippen molar-refractivity contribution in [3.05, 3.63) is 120 Å². The van der Waals surface area contributed by atoms with Gasteiger partial charge in [-0.25, -0.2) is 13.4 Å². The number of thiazole rings is 1. The average Bonchev–Trinajstić information content (AvgIpc) is 3.33. The monoisotopic (exact) mass is 525 g/mol. The molecule has 0 saturated heterocycles. The Kier molecular flexibility index (Phi) is 6.85. The fourth-order valence-corrected chi connectivity index (χ4v) is 5.81. The summed E-state index contributed by atoms with van der Waals surface area (Å²) < 4.78 is 28.1. The molecule has 5 rings (SSSR count). The molecular weight excluding hydrogens is 502 g/mol. The predicted molar refractivity (Wildman–Crippen MR) is 149 cm³/mol. The maximum atomic E-state index is 13.1. The van der Waals surface area contributed by atoms with Crippen molar-refractivity contribution in [2.24, 2.45) is 0 Å². The summed E-state index contributed by atoms with van der Waals surface area (Å²) in [5.41, 5.74) is 4.30. The third kappa shape index (κ3) is 5.61. The van der Waals surface area contributed by atoms with Gasteiger partial charge in [0.25, 0.3) is 15.9 Å². The minimum Gasteiger partial charge on any atom is -0.298 e. The lowest BCUT2D eigenvalue weighted by Crippen LogP contribution is -2.15. The Balaban J connectivity index is 1.40. The molecular formula is C29H23N3O3S2. The maximum absolute atomic E-state index is 13.1. The van der Waals surface area contributed by atoms with E-state index in [1.54, 1.807) is 42.5 Å². The Morgan fingerprint density at radius 3 is 2.11 bits per heavy atom. The van der Waals surface area contributed by atoms with Gasteiger partial charge in [-0.15, -0.1) is 0 Å². The summed E-state index contributed by atoms with van der Waals surface area (Å²) in [7, 11) is -3.79. The number of nitrogens with one attached hydrogen (secondary N) is 2. The third-order valence-electron chi connectivity index (χ3n) is 5.64. The highest BCUT2D eigenvalue weighted by Gasteiger charge is 2.18. The van der Waals surface area contributed by atoms with Crippen LogP contribution >= 0.6 is 11.3 Å². The van der Waals surface area contributed by atoms with Crippen molar-refractivity contribution in [3.8, 4) is 21.7 Å². The van der Waals surface area contributed by atoms with Gasteiger partial charge >= 0.3 is 0 Å². The van der Waals surface area contributed by atoms with Crippen LogP contribution < -0.4 is 10.0 Å². The SMILES string of the molecule is Cc1ccc(S(=O)(=O)Nc2cccc(C(=O)Nc3nc(-c4ccccc4)c(-c4ccccc4)s3)c2)cc1. The van der Waals surface area contributed by atoms with Crippen LogP contribution in [0.15, 0.2) is 114 Å². The third-order valence-corrected chi connectivity index (χ3v) is 8.06. The molecule has 0 saturated carbocycles. The van der Waals surface area contributed by atoms with Crippen LogP contribution in [0.5, 0.6) is 0 Å². The van der Waals surface area contributed by atoms with E-state index in [0.717, 1.165) is 27.3 Å². The summed E-state index contributed by atoms with van der Waals surface area (Å²) in [6, 6.07) is 32.6. The first-order chi connectivity index (χ1) is 17.9. The number of aryl methyl sites for hydroxylation is 1. The molecule has 5 aromatic rings. The van der Waals surface area contributed by atoms with Crippen LogP contribution in [-0.4, -0.2) is 19.3 Å². The lowest BCUT2D eigenvalue weighted by molar-refractivity contribution is 0.102. The van der Waals surface area contributed by atoms with Crippen LogP contribution in [0.25, 0.3) is 21.7 Å². The first kappa shape index (κ1) is 24.4. The highest BCUT2D eigenvalue weighted by Crippen LogP contribution is 2.39. The Labute approximate surface area is 219 Å². The molecule has 2 N–H and O–H groups in total. The van der Waals surface area contributed by atoms with Crippen LogP contribution in [0.1, 0.15) is 15.9 Å². The van der Waals surface area contributed by atoms with Crippen LogP contribution in [-0.2, 0) is 10.0 Å². The molecule has 1 heterocycles. The number of sulfonamides is 1. The van der Waals surface area contributed by atoms with E-state index in [1.165, 1.54) is 17.4 Å². The zero-order valence-electron chi connectivity index (χ0n) is 19.9. The van der Waals surface area contributed by atoms with Gasteiger partial charge in [0.15, 0.2) is 5.13 Å². The first-order valence-electron chi connectivity index (χ1n) is 11.5. The summed E-state index contributed by atoms with van der Waals surface area (Å²) in [4.78, 5) is 18.9. The Morgan fingerprint density at radius 2 is 1.43 bits per heavy atom. The standard InChI is InChI=1S/C29H23N3O3S2/c1-20-15-17-25(18-16-20)37(34,35)32-24-14-8-13-23(19-24)28(33)31-29-30-26(21-9-4-2-5-10-21)27(36-29)22-11-6-3-7-12-22/h2-19,32H,1H3,(H,30,31,33). The number of anilines is 2. The quantitative estimate of drug-likeness (QED) is 0.244. The second-order valence-corrected chi connectivity index (χ2v) is 11.1. The molecule has 0 fully saturated rings. The second kappa shape index (κ2) is 10.4. The fourth-order valence-electron chi connectivity index (χ4n) is 3.78. The van der Waals surface area contributed by atoms with Crippen molar-refractivity contribution in [2.45, 2.75) is 11.8 Å². The zero-order chi connectivity index (χ0) is 25.8. The molecule has 0 aliphatic rings. The molecule has 0 bridgehead atoms. The molecule has 6 nitrogen and oxygen atoms in total. The minimum atomic E-state index is -3.79. The molecule has 0 spiro atoms. The van der Waals surface area contributed by atoms with Gasteiger partial charge in [0.05, 0.1) is 15.5 Å². The van der Waals surface area contributed by atoms with Crippen molar-refractivity contribution in [1.29, 1.82) is 0 Å². The van der Waals surface area contributed by atoms with Crippen LogP contribution in [0.2, 0.25) is 0 Å². The number of amides is 1. The number of carbonyl (C=O) groups excluding carboxylic acids is 1. The topological polar surface area (TPSA) is 88.2 Å². The Morgan fingerprint density at radius 1 is 0.784 bits per heavy atom. The predicted octanol–water partition coefficient (Wildman–Crippen LogP) is 6.84. The van der Waals surface area contributed by atoms with Gasteiger partial charge in [-0.1, -0.05) is 95.8 Å². The van der Waals surface area contributed by atoms with E-state index in [-0.39, 0.29) is 10.8 Å². The van der Waals surface area contributed by atoms with Crippen LogP contribution in [0.4, 0.5) is 10.8 Å². The maximum Gasteiger partial charge on any atom is 0.261 e. The van der Waals surface area contributed by atoms with E-state index in [1.807, 2.05) is 67.6 Å². The molecule has 8 heteroatoms. The number of hydrogen-bond donors (Lipinski definition) is 2. The number of benzene rings is 4. The van der Waals surface area contributed by atoms with Crippen molar-refractivity contribution in [1.82, 2.24) is 4.98 Å². The lowest BCUT2D eigenvalue weighted by atomic mass is 10.1. The molecule has 0 aliphatic heterocycles. The molecule has 184 valence electrons. The molecule has 0 radical (unpaired) electrons. The lowest BCUT2D eigenvalue weighted by Gasteiger charge is -2.10. The van der Waals surface area contributed by atoms with Gasteiger partial charge in [-0.2, -0.15) is 0 Å². The summed E-state index contributed by atoms with van der Waals surface area (Å²) in [5, 5.41) is 3.33. The van der Waals surface area contributed by atoms with Crippen molar-refractivity contribution < 1.29 is 13.2 Å². The Bertz CT molecular complexity index is 1590.